The SMILES string of the molecule is CN1CCC(CN2CC[C@H]3CN(C)C[C@H]3C2)CC1. The van der Waals surface area contributed by atoms with E-state index in [0.29, 0.717) is 0 Å². The molecular formula is C15H29N3. The van der Waals surface area contributed by atoms with Gasteiger partial charge in [-0.15, -0.1) is 0 Å². The van der Waals surface area contributed by atoms with Crippen LogP contribution in [0, 0.1) is 17.8 Å². The van der Waals surface area contributed by atoms with Gasteiger partial charge in [-0.1, -0.05) is 0 Å². The third-order valence-electron chi connectivity index (χ3n) is 5.42. The second kappa shape index (κ2) is 5.48. The Morgan fingerprint density at radius 3 is 2.28 bits per heavy atom. The van der Waals surface area contributed by atoms with E-state index in [0.717, 1.165) is 17.8 Å². The van der Waals surface area contributed by atoms with Crippen LogP contribution in [0.2, 0.25) is 0 Å². The lowest BCUT2D eigenvalue weighted by atomic mass is 9.87. The molecule has 0 aromatic carbocycles. The van der Waals surface area contributed by atoms with E-state index in [1.165, 1.54) is 65.1 Å². The second-order valence-corrected chi connectivity index (χ2v) is 7.04. The summed E-state index contributed by atoms with van der Waals surface area (Å²) in [4.78, 5) is 7.79. The summed E-state index contributed by atoms with van der Waals surface area (Å²) >= 11 is 0. The molecular weight excluding hydrogens is 222 g/mol. The third kappa shape index (κ3) is 2.89. The van der Waals surface area contributed by atoms with Gasteiger partial charge in [0.25, 0.3) is 0 Å². The van der Waals surface area contributed by atoms with Gasteiger partial charge in [0, 0.05) is 26.2 Å². The molecule has 3 nitrogen and oxygen atoms in total. The normalized spacial score (nSPS) is 37.0. The largest absolute Gasteiger partial charge is 0.306 e. The Hall–Kier alpha value is -0.120. The van der Waals surface area contributed by atoms with Crippen LogP contribution < -0.4 is 0 Å². The van der Waals surface area contributed by atoms with Crippen molar-refractivity contribution in [2.24, 2.45) is 17.8 Å². The highest BCUT2D eigenvalue weighted by Gasteiger charge is 2.35. The van der Waals surface area contributed by atoms with Crippen LogP contribution >= 0.6 is 0 Å². The van der Waals surface area contributed by atoms with Crippen LogP contribution in [0.3, 0.4) is 0 Å². The molecule has 3 saturated heterocycles. The number of fused-ring (bicyclic) bond motifs is 1. The lowest BCUT2D eigenvalue weighted by Crippen LogP contribution is -2.44. The molecule has 0 aromatic rings. The highest BCUT2D eigenvalue weighted by Crippen LogP contribution is 2.31. The molecule has 3 heterocycles. The predicted octanol–water partition coefficient (Wildman–Crippen LogP) is 1.21. The minimum Gasteiger partial charge on any atom is -0.306 e. The van der Waals surface area contributed by atoms with Gasteiger partial charge in [0.15, 0.2) is 0 Å². The van der Waals surface area contributed by atoms with Gasteiger partial charge >= 0.3 is 0 Å². The molecule has 3 aliphatic rings. The monoisotopic (exact) mass is 251 g/mol. The topological polar surface area (TPSA) is 9.72 Å². The van der Waals surface area contributed by atoms with Crippen molar-refractivity contribution in [3.05, 3.63) is 0 Å². The van der Waals surface area contributed by atoms with Gasteiger partial charge in [0.05, 0.1) is 0 Å². The summed E-state index contributed by atoms with van der Waals surface area (Å²) in [7, 11) is 4.55. The van der Waals surface area contributed by atoms with Crippen molar-refractivity contribution < 1.29 is 0 Å². The molecule has 2 atom stereocenters. The molecule has 104 valence electrons. The van der Waals surface area contributed by atoms with Crippen molar-refractivity contribution >= 4 is 0 Å². The Balaban J connectivity index is 1.47. The zero-order chi connectivity index (χ0) is 12.5. The smallest absolute Gasteiger partial charge is 0.00251 e. The maximum absolute atomic E-state index is 2.77. The van der Waals surface area contributed by atoms with Gasteiger partial charge in [-0.05, 0) is 70.7 Å². The minimum absolute atomic E-state index is 0.968. The van der Waals surface area contributed by atoms with Gasteiger partial charge < -0.3 is 14.7 Å². The molecule has 3 aliphatic heterocycles. The molecule has 0 N–H and O–H groups in total. The van der Waals surface area contributed by atoms with Crippen molar-refractivity contribution in [2.45, 2.75) is 19.3 Å². The zero-order valence-corrected chi connectivity index (χ0v) is 12.1. The van der Waals surface area contributed by atoms with Crippen LogP contribution in [0.1, 0.15) is 19.3 Å². The molecule has 0 bridgehead atoms. The molecule has 0 saturated carbocycles. The van der Waals surface area contributed by atoms with Crippen LogP contribution in [-0.4, -0.2) is 74.6 Å². The molecule has 0 aliphatic carbocycles. The zero-order valence-electron chi connectivity index (χ0n) is 12.1. The van der Waals surface area contributed by atoms with E-state index in [2.05, 4.69) is 28.8 Å². The average molecular weight is 251 g/mol. The van der Waals surface area contributed by atoms with Crippen molar-refractivity contribution in [2.75, 3.05) is 59.9 Å². The molecule has 3 fully saturated rings. The van der Waals surface area contributed by atoms with Crippen LogP contribution in [0.4, 0.5) is 0 Å². The van der Waals surface area contributed by atoms with Crippen LogP contribution in [-0.2, 0) is 0 Å². The number of hydrogen-bond donors (Lipinski definition) is 0. The summed E-state index contributed by atoms with van der Waals surface area (Å²) < 4.78 is 0. The summed E-state index contributed by atoms with van der Waals surface area (Å²) in [6.45, 7) is 9.44. The number of rotatable bonds is 2. The fraction of sp³-hybridized carbons (Fsp3) is 1.00. The van der Waals surface area contributed by atoms with Gasteiger partial charge in [0.2, 0.25) is 0 Å². The highest BCUT2D eigenvalue weighted by atomic mass is 15.2. The second-order valence-electron chi connectivity index (χ2n) is 7.04. The lowest BCUT2D eigenvalue weighted by molar-refractivity contribution is 0.106. The van der Waals surface area contributed by atoms with E-state index in [1.54, 1.807) is 0 Å². The average Bonchev–Trinajstić information content (AvgIpc) is 2.71. The van der Waals surface area contributed by atoms with Gasteiger partial charge in [-0.25, -0.2) is 0 Å². The Kier molecular flexibility index (Phi) is 3.92. The first-order chi connectivity index (χ1) is 8.70. The quantitative estimate of drug-likeness (QED) is 0.730. The minimum atomic E-state index is 0.968. The summed E-state index contributed by atoms with van der Waals surface area (Å²) in [5.41, 5.74) is 0. The van der Waals surface area contributed by atoms with E-state index in [4.69, 9.17) is 0 Å². The Morgan fingerprint density at radius 2 is 1.50 bits per heavy atom. The van der Waals surface area contributed by atoms with Gasteiger partial charge in [-0.3, -0.25) is 0 Å². The van der Waals surface area contributed by atoms with Crippen LogP contribution in [0.5, 0.6) is 0 Å². The maximum atomic E-state index is 2.77. The van der Waals surface area contributed by atoms with E-state index >= 15 is 0 Å². The number of nitrogens with zero attached hydrogens (tertiary/aromatic N) is 3. The summed E-state index contributed by atoms with van der Waals surface area (Å²) in [5, 5.41) is 0. The van der Waals surface area contributed by atoms with Crippen LogP contribution in [0.15, 0.2) is 0 Å². The first-order valence-corrected chi connectivity index (χ1v) is 7.80. The molecule has 18 heavy (non-hydrogen) atoms. The predicted molar refractivity (Wildman–Crippen MR) is 75.8 cm³/mol. The standard InChI is InChI=1S/C15H29N3/c1-16-6-3-13(4-7-16)9-18-8-5-14-10-17(2)11-15(14)12-18/h13-15H,3-12H2,1-2H3/t14-,15-/m0/s1. The van der Waals surface area contributed by atoms with Crippen molar-refractivity contribution in [3.63, 3.8) is 0 Å². The Morgan fingerprint density at radius 1 is 0.778 bits per heavy atom. The summed E-state index contributed by atoms with van der Waals surface area (Å²) in [5.74, 6) is 2.94. The van der Waals surface area contributed by atoms with Crippen molar-refractivity contribution in [1.82, 2.24) is 14.7 Å². The van der Waals surface area contributed by atoms with Gasteiger partial charge in [-0.2, -0.15) is 0 Å². The summed E-state index contributed by atoms with van der Waals surface area (Å²) in [6, 6.07) is 0. The van der Waals surface area contributed by atoms with Crippen molar-refractivity contribution in [3.8, 4) is 0 Å². The molecule has 0 radical (unpaired) electrons. The molecule has 0 aromatic heterocycles. The molecule has 0 amide bonds. The van der Waals surface area contributed by atoms with E-state index < -0.39 is 0 Å². The third-order valence-corrected chi connectivity index (χ3v) is 5.42. The Bertz CT molecular complexity index is 273. The fourth-order valence-electron chi connectivity index (χ4n) is 4.25. The highest BCUT2D eigenvalue weighted by molar-refractivity contribution is 4.89. The van der Waals surface area contributed by atoms with Gasteiger partial charge in [0.1, 0.15) is 0 Å². The molecule has 0 unspecified atom stereocenters. The first kappa shape index (κ1) is 12.9. The maximum Gasteiger partial charge on any atom is 0.00251 e. The van der Waals surface area contributed by atoms with Crippen molar-refractivity contribution in [1.29, 1.82) is 0 Å². The molecule has 0 spiro atoms. The van der Waals surface area contributed by atoms with Crippen LogP contribution in [0.25, 0.3) is 0 Å². The molecule has 3 heteroatoms. The number of hydrogen-bond acceptors (Lipinski definition) is 3. The number of piperidine rings is 2. The first-order valence-electron chi connectivity index (χ1n) is 7.80. The van der Waals surface area contributed by atoms with E-state index in [9.17, 15) is 0 Å². The number of likely N-dealkylation sites (tertiary alicyclic amines) is 3. The summed E-state index contributed by atoms with van der Waals surface area (Å²) in [6.07, 6.45) is 4.28. The Labute approximate surface area is 112 Å². The van der Waals surface area contributed by atoms with E-state index in [-0.39, 0.29) is 0 Å². The fourth-order valence-corrected chi connectivity index (χ4v) is 4.25. The van der Waals surface area contributed by atoms with E-state index in [1.807, 2.05) is 0 Å². The molecule has 3 rings (SSSR count). The lowest BCUT2D eigenvalue weighted by Gasteiger charge is -2.38.